The Balaban J connectivity index is 3.12. The molecule has 1 rings (SSSR count). The molecular formula is C8H15NO4S. The summed E-state index contributed by atoms with van der Waals surface area (Å²) in [4.78, 5) is 10.8. The van der Waals surface area contributed by atoms with Crippen LogP contribution in [-0.4, -0.2) is 42.1 Å². The fraction of sp³-hybridized carbons (Fsp3) is 0.875. The maximum absolute atomic E-state index is 11.8. The molecule has 14 heavy (non-hydrogen) atoms. The predicted octanol–water partition coefficient (Wildman–Crippen LogP) is -0.377. The molecular weight excluding hydrogens is 206 g/mol. The third-order valence-corrected chi connectivity index (χ3v) is 5.56. The highest BCUT2D eigenvalue weighted by molar-refractivity contribution is 7.93. The minimum Gasteiger partial charge on any atom is -0.480 e. The summed E-state index contributed by atoms with van der Waals surface area (Å²) in [6.45, 7) is 4.87. The second-order valence-electron chi connectivity index (χ2n) is 3.80. The average Bonchev–Trinajstić information content (AvgIpc) is 1.98. The lowest BCUT2D eigenvalue weighted by molar-refractivity contribution is -0.137. The highest BCUT2D eigenvalue weighted by Crippen LogP contribution is 2.22. The van der Waals surface area contributed by atoms with Gasteiger partial charge < -0.3 is 10.4 Å². The van der Waals surface area contributed by atoms with Gasteiger partial charge in [-0.05, 0) is 20.8 Å². The number of hydrogen-bond acceptors (Lipinski definition) is 4. The maximum Gasteiger partial charge on any atom is 0.323 e. The zero-order valence-electron chi connectivity index (χ0n) is 8.39. The van der Waals surface area contributed by atoms with Gasteiger partial charge in [0.05, 0.1) is 5.25 Å². The van der Waals surface area contributed by atoms with Gasteiger partial charge in [-0.2, -0.15) is 0 Å². The van der Waals surface area contributed by atoms with Gasteiger partial charge in [0.25, 0.3) is 0 Å². The molecule has 1 saturated heterocycles. The zero-order valence-corrected chi connectivity index (χ0v) is 9.21. The van der Waals surface area contributed by atoms with E-state index in [-0.39, 0.29) is 6.04 Å². The topological polar surface area (TPSA) is 83.5 Å². The molecule has 0 amide bonds. The third kappa shape index (κ3) is 1.64. The highest BCUT2D eigenvalue weighted by atomic mass is 32.2. The molecule has 0 aromatic carbocycles. The molecule has 0 saturated carbocycles. The fourth-order valence-corrected chi connectivity index (χ4v) is 3.83. The molecule has 0 spiro atoms. The molecule has 0 radical (unpaired) electrons. The lowest BCUT2D eigenvalue weighted by Crippen LogP contribution is -2.61. The van der Waals surface area contributed by atoms with Gasteiger partial charge in [0.2, 0.25) is 0 Å². The van der Waals surface area contributed by atoms with E-state index in [2.05, 4.69) is 5.32 Å². The molecule has 5 nitrogen and oxygen atoms in total. The van der Waals surface area contributed by atoms with E-state index in [1.165, 1.54) is 6.92 Å². The van der Waals surface area contributed by atoms with Crippen molar-refractivity contribution in [2.45, 2.75) is 43.4 Å². The Labute approximate surface area is 83.4 Å². The lowest BCUT2D eigenvalue weighted by atomic mass is 10.1. The summed E-state index contributed by atoms with van der Waals surface area (Å²) in [5.74, 6) is -1.27. The van der Waals surface area contributed by atoms with E-state index in [0.29, 0.717) is 0 Å². The van der Waals surface area contributed by atoms with Crippen LogP contribution in [0.15, 0.2) is 0 Å². The molecule has 0 aliphatic carbocycles. The van der Waals surface area contributed by atoms with E-state index in [1.807, 2.05) is 0 Å². The van der Waals surface area contributed by atoms with Crippen LogP contribution < -0.4 is 5.32 Å². The van der Waals surface area contributed by atoms with Crippen LogP contribution in [0.25, 0.3) is 0 Å². The number of rotatable bonds is 1. The standard InChI is InChI=1S/C8H15NO4S/c1-4-6(3)14(12,13)7(8(10)11)5(2)9-4/h4-7,9H,1-3H3,(H,10,11). The van der Waals surface area contributed by atoms with Crippen molar-refractivity contribution in [3.63, 3.8) is 0 Å². The molecule has 0 aromatic rings. The van der Waals surface area contributed by atoms with Crippen molar-refractivity contribution in [2.24, 2.45) is 0 Å². The Bertz CT molecular complexity index is 337. The third-order valence-electron chi connectivity index (χ3n) is 2.80. The van der Waals surface area contributed by atoms with Crippen LogP contribution in [0.3, 0.4) is 0 Å². The number of sulfone groups is 1. The van der Waals surface area contributed by atoms with E-state index in [1.54, 1.807) is 13.8 Å². The van der Waals surface area contributed by atoms with E-state index in [0.717, 1.165) is 0 Å². The Morgan fingerprint density at radius 3 is 2.14 bits per heavy atom. The number of hydrogen-bond donors (Lipinski definition) is 2. The van der Waals surface area contributed by atoms with Gasteiger partial charge in [-0.15, -0.1) is 0 Å². The molecule has 6 heteroatoms. The molecule has 1 fully saturated rings. The molecule has 82 valence electrons. The monoisotopic (exact) mass is 221 g/mol. The van der Waals surface area contributed by atoms with E-state index >= 15 is 0 Å². The molecule has 0 aromatic heterocycles. The first-order chi connectivity index (χ1) is 6.28. The van der Waals surface area contributed by atoms with Gasteiger partial charge in [0, 0.05) is 12.1 Å². The summed E-state index contributed by atoms with van der Waals surface area (Å²) < 4.78 is 23.5. The second-order valence-corrected chi connectivity index (χ2v) is 6.23. The minimum absolute atomic E-state index is 0.203. The van der Waals surface area contributed by atoms with Gasteiger partial charge in [-0.3, -0.25) is 4.79 Å². The Morgan fingerprint density at radius 1 is 1.21 bits per heavy atom. The van der Waals surface area contributed by atoms with Crippen molar-refractivity contribution in [1.82, 2.24) is 5.32 Å². The van der Waals surface area contributed by atoms with Crippen molar-refractivity contribution < 1.29 is 18.3 Å². The van der Waals surface area contributed by atoms with E-state index in [4.69, 9.17) is 5.11 Å². The average molecular weight is 221 g/mol. The summed E-state index contributed by atoms with van der Waals surface area (Å²) in [6, 6.07) is -0.741. The number of nitrogens with one attached hydrogen (secondary N) is 1. The first-order valence-electron chi connectivity index (χ1n) is 4.50. The number of carbonyl (C=O) groups is 1. The van der Waals surface area contributed by atoms with Crippen molar-refractivity contribution in [3.05, 3.63) is 0 Å². The molecule has 1 heterocycles. The summed E-state index contributed by atoms with van der Waals surface area (Å²) in [5, 5.41) is 9.81. The normalized spacial score (nSPS) is 41.9. The minimum atomic E-state index is -3.56. The van der Waals surface area contributed by atoms with Crippen molar-refractivity contribution in [3.8, 4) is 0 Å². The van der Waals surface area contributed by atoms with Crippen LogP contribution in [0.5, 0.6) is 0 Å². The summed E-state index contributed by atoms with van der Waals surface area (Å²) >= 11 is 0. The number of carboxylic acid groups (broad SMARTS) is 1. The van der Waals surface area contributed by atoms with Gasteiger partial charge in [-0.25, -0.2) is 8.42 Å². The van der Waals surface area contributed by atoms with Crippen molar-refractivity contribution >= 4 is 15.8 Å². The smallest absolute Gasteiger partial charge is 0.323 e. The van der Waals surface area contributed by atoms with Crippen LogP contribution in [-0.2, 0) is 14.6 Å². The number of carboxylic acids is 1. The fourth-order valence-electron chi connectivity index (χ4n) is 1.79. The van der Waals surface area contributed by atoms with Crippen LogP contribution in [0, 0.1) is 0 Å². The van der Waals surface area contributed by atoms with Crippen molar-refractivity contribution in [1.29, 1.82) is 0 Å². The van der Waals surface area contributed by atoms with E-state index < -0.39 is 32.3 Å². The van der Waals surface area contributed by atoms with Gasteiger partial charge in [0.1, 0.15) is 0 Å². The number of aliphatic carboxylic acids is 1. The molecule has 1 aliphatic heterocycles. The SMILES string of the molecule is CC1NC(C)C(C(=O)O)S(=O)(=O)C1C. The first-order valence-corrected chi connectivity index (χ1v) is 6.11. The van der Waals surface area contributed by atoms with Gasteiger partial charge in [0.15, 0.2) is 15.1 Å². The van der Waals surface area contributed by atoms with E-state index in [9.17, 15) is 13.2 Å². The molecule has 4 unspecified atom stereocenters. The summed E-state index contributed by atoms with van der Waals surface area (Å²) in [6.07, 6.45) is 0. The predicted molar refractivity (Wildman–Crippen MR) is 51.9 cm³/mol. The first kappa shape index (κ1) is 11.5. The van der Waals surface area contributed by atoms with Crippen molar-refractivity contribution in [2.75, 3.05) is 0 Å². The largest absolute Gasteiger partial charge is 0.480 e. The van der Waals surface area contributed by atoms with Crippen LogP contribution in [0.4, 0.5) is 0 Å². The zero-order chi connectivity index (χ0) is 11.1. The highest BCUT2D eigenvalue weighted by Gasteiger charge is 2.47. The Hall–Kier alpha value is -0.620. The second kappa shape index (κ2) is 3.51. The summed E-state index contributed by atoms with van der Waals surface area (Å²) in [5.41, 5.74) is 0. The molecule has 2 N–H and O–H groups in total. The Morgan fingerprint density at radius 2 is 1.71 bits per heavy atom. The summed E-state index contributed by atoms with van der Waals surface area (Å²) in [7, 11) is -3.56. The quantitative estimate of drug-likeness (QED) is 0.631. The molecule has 1 aliphatic rings. The lowest BCUT2D eigenvalue weighted by Gasteiger charge is -2.35. The van der Waals surface area contributed by atoms with Gasteiger partial charge >= 0.3 is 5.97 Å². The molecule has 0 bridgehead atoms. The van der Waals surface area contributed by atoms with Crippen LogP contribution in [0.1, 0.15) is 20.8 Å². The van der Waals surface area contributed by atoms with Crippen LogP contribution >= 0.6 is 0 Å². The maximum atomic E-state index is 11.8. The van der Waals surface area contributed by atoms with Gasteiger partial charge in [-0.1, -0.05) is 0 Å². The van der Waals surface area contributed by atoms with Crippen LogP contribution in [0.2, 0.25) is 0 Å². The molecule has 4 atom stereocenters. The Kier molecular flexibility index (Phi) is 2.87.